The Morgan fingerprint density at radius 2 is 1.69 bits per heavy atom. The van der Waals surface area contributed by atoms with Crippen molar-refractivity contribution in [2.75, 3.05) is 13.1 Å². The van der Waals surface area contributed by atoms with E-state index in [4.69, 9.17) is 0 Å². The number of nitrogens with zero attached hydrogens (tertiary/aromatic N) is 3. The highest BCUT2D eigenvalue weighted by Crippen LogP contribution is 2.20. The van der Waals surface area contributed by atoms with Gasteiger partial charge in [0.2, 0.25) is 5.88 Å². The third-order valence-corrected chi connectivity index (χ3v) is 5.22. The number of nitrogens with one attached hydrogen (secondary N) is 1. The highest BCUT2D eigenvalue weighted by atomic mass is 16.3. The molecule has 6 nitrogen and oxygen atoms in total. The molecule has 3 aromatic rings. The molecule has 4 rings (SSSR count). The average molecular weight is 388 g/mol. The molecule has 1 aliphatic rings. The van der Waals surface area contributed by atoms with E-state index in [0.29, 0.717) is 5.82 Å². The van der Waals surface area contributed by atoms with Crippen LogP contribution in [0.25, 0.3) is 11.4 Å². The number of aromatic hydroxyl groups is 1. The Morgan fingerprint density at radius 1 is 1.03 bits per heavy atom. The summed E-state index contributed by atoms with van der Waals surface area (Å²) in [4.78, 5) is 23.3. The van der Waals surface area contributed by atoms with Gasteiger partial charge in [0, 0.05) is 37.4 Å². The second-order valence-electron chi connectivity index (χ2n) is 7.31. The van der Waals surface area contributed by atoms with Crippen LogP contribution in [0, 0.1) is 0 Å². The molecule has 148 valence electrons. The maximum atomic E-state index is 12.6. The summed E-state index contributed by atoms with van der Waals surface area (Å²) in [5, 5.41) is 13.3. The van der Waals surface area contributed by atoms with E-state index in [1.54, 1.807) is 0 Å². The van der Waals surface area contributed by atoms with Gasteiger partial charge in [-0.2, -0.15) is 4.98 Å². The van der Waals surface area contributed by atoms with Crippen LogP contribution in [0.2, 0.25) is 0 Å². The Morgan fingerprint density at radius 3 is 2.34 bits per heavy atom. The van der Waals surface area contributed by atoms with Crippen molar-refractivity contribution in [1.29, 1.82) is 0 Å². The van der Waals surface area contributed by atoms with Crippen LogP contribution in [-0.4, -0.2) is 45.0 Å². The molecule has 29 heavy (non-hydrogen) atoms. The van der Waals surface area contributed by atoms with Crippen molar-refractivity contribution in [1.82, 2.24) is 20.2 Å². The quantitative estimate of drug-likeness (QED) is 0.702. The molecule has 0 radical (unpaired) electrons. The highest BCUT2D eigenvalue weighted by molar-refractivity contribution is 5.96. The summed E-state index contributed by atoms with van der Waals surface area (Å²) in [5.74, 6) is -0.227. The van der Waals surface area contributed by atoms with E-state index in [2.05, 4.69) is 44.5 Å². The molecule has 0 saturated carbocycles. The summed E-state index contributed by atoms with van der Waals surface area (Å²) >= 11 is 0. The van der Waals surface area contributed by atoms with Crippen molar-refractivity contribution in [3.05, 3.63) is 78.0 Å². The first-order chi connectivity index (χ1) is 14.2. The van der Waals surface area contributed by atoms with Gasteiger partial charge in [-0.25, -0.2) is 4.98 Å². The zero-order valence-corrected chi connectivity index (χ0v) is 16.2. The minimum atomic E-state index is -0.330. The van der Waals surface area contributed by atoms with E-state index in [1.807, 2.05) is 36.4 Å². The number of aromatic nitrogens is 2. The third-order valence-electron chi connectivity index (χ3n) is 5.22. The molecule has 0 spiro atoms. The monoisotopic (exact) mass is 388 g/mol. The molecule has 1 saturated heterocycles. The lowest BCUT2D eigenvalue weighted by Gasteiger charge is -2.32. The van der Waals surface area contributed by atoms with Crippen molar-refractivity contribution >= 4 is 5.91 Å². The number of likely N-dealkylation sites (tertiary alicyclic amines) is 1. The zero-order chi connectivity index (χ0) is 20.1. The topological polar surface area (TPSA) is 78.4 Å². The lowest BCUT2D eigenvalue weighted by Crippen LogP contribution is -2.44. The molecule has 0 atom stereocenters. The van der Waals surface area contributed by atoms with Crippen LogP contribution in [0.5, 0.6) is 5.88 Å². The van der Waals surface area contributed by atoms with E-state index in [-0.39, 0.29) is 23.4 Å². The first kappa shape index (κ1) is 19.1. The Hall–Kier alpha value is -3.25. The normalized spacial score (nSPS) is 15.2. The number of piperidine rings is 1. The van der Waals surface area contributed by atoms with Gasteiger partial charge in [-0.1, -0.05) is 60.7 Å². The van der Waals surface area contributed by atoms with Crippen molar-refractivity contribution < 1.29 is 9.90 Å². The molecule has 1 aromatic heterocycles. The van der Waals surface area contributed by atoms with Gasteiger partial charge in [0.05, 0.1) is 0 Å². The van der Waals surface area contributed by atoms with Gasteiger partial charge in [0.15, 0.2) is 5.82 Å². The van der Waals surface area contributed by atoms with Crippen LogP contribution in [0.15, 0.2) is 66.9 Å². The Bertz CT molecular complexity index is 955. The van der Waals surface area contributed by atoms with Crippen molar-refractivity contribution in [2.24, 2.45) is 0 Å². The predicted octanol–water partition coefficient (Wildman–Crippen LogP) is 3.24. The van der Waals surface area contributed by atoms with Crippen molar-refractivity contribution in [3.8, 4) is 17.3 Å². The Balaban J connectivity index is 1.33. The minimum absolute atomic E-state index is 0.0859. The summed E-state index contributed by atoms with van der Waals surface area (Å²) in [6, 6.07) is 19.9. The Labute approximate surface area is 170 Å². The van der Waals surface area contributed by atoms with Gasteiger partial charge in [0.1, 0.15) is 5.56 Å². The smallest absolute Gasteiger partial charge is 0.258 e. The predicted molar refractivity (Wildman–Crippen MR) is 111 cm³/mol. The number of amides is 1. The van der Waals surface area contributed by atoms with E-state index < -0.39 is 0 Å². The fraction of sp³-hybridized carbons (Fsp3) is 0.261. The molecular formula is C23H24N4O2. The Kier molecular flexibility index (Phi) is 5.81. The number of rotatable bonds is 5. The molecular weight excluding hydrogens is 364 g/mol. The van der Waals surface area contributed by atoms with Gasteiger partial charge >= 0.3 is 0 Å². The van der Waals surface area contributed by atoms with Gasteiger partial charge in [-0.05, 0) is 18.4 Å². The summed E-state index contributed by atoms with van der Waals surface area (Å²) in [5.41, 5.74) is 2.20. The molecule has 0 bridgehead atoms. The number of hydrogen-bond acceptors (Lipinski definition) is 5. The van der Waals surface area contributed by atoms with Gasteiger partial charge in [-0.15, -0.1) is 0 Å². The molecule has 6 heteroatoms. The number of carbonyl (C=O) groups excluding carboxylic acids is 1. The third kappa shape index (κ3) is 4.78. The minimum Gasteiger partial charge on any atom is -0.493 e. The summed E-state index contributed by atoms with van der Waals surface area (Å²) in [7, 11) is 0. The second kappa shape index (κ2) is 8.84. The van der Waals surface area contributed by atoms with Gasteiger partial charge in [0.25, 0.3) is 5.91 Å². The van der Waals surface area contributed by atoms with Crippen molar-refractivity contribution in [3.63, 3.8) is 0 Å². The van der Waals surface area contributed by atoms with Gasteiger partial charge in [-0.3, -0.25) is 9.69 Å². The van der Waals surface area contributed by atoms with E-state index >= 15 is 0 Å². The largest absolute Gasteiger partial charge is 0.493 e. The fourth-order valence-electron chi connectivity index (χ4n) is 3.60. The first-order valence-electron chi connectivity index (χ1n) is 9.87. The van der Waals surface area contributed by atoms with E-state index in [0.717, 1.165) is 38.0 Å². The number of hydrogen-bond donors (Lipinski definition) is 2. The van der Waals surface area contributed by atoms with Crippen molar-refractivity contribution in [2.45, 2.75) is 25.4 Å². The molecule has 0 unspecified atom stereocenters. The molecule has 0 aliphatic carbocycles. The second-order valence-corrected chi connectivity index (χ2v) is 7.31. The number of carbonyl (C=O) groups is 1. The molecule has 1 fully saturated rings. The molecule has 2 heterocycles. The maximum absolute atomic E-state index is 12.6. The SMILES string of the molecule is O=C(NC1CCN(Cc2ccccc2)CC1)c1cnc(-c2ccccc2)nc1O. The maximum Gasteiger partial charge on any atom is 0.258 e. The standard InChI is InChI=1S/C23H24N4O2/c28-22(20-15-24-21(26-23(20)29)18-9-5-2-6-10-18)25-19-11-13-27(14-12-19)16-17-7-3-1-4-8-17/h1-10,15,19H,11-14,16H2,(H,25,28)(H,24,26,29). The average Bonchev–Trinajstić information content (AvgIpc) is 2.76. The zero-order valence-electron chi connectivity index (χ0n) is 16.2. The first-order valence-corrected chi connectivity index (χ1v) is 9.87. The van der Waals surface area contributed by atoms with Crippen LogP contribution in [-0.2, 0) is 6.54 Å². The lowest BCUT2D eigenvalue weighted by atomic mass is 10.0. The van der Waals surface area contributed by atoms with Crippen LogP contribution in [0.4, 0.5) is 0 Å². The molecule has 2 aromatic carbocycles. The van der Waals surface area contributed by atoms with E-state index in [1.165, 1.54) is 11.8 Å². The van der Waals surface area contributed by atoms with Crippen LogP contribution < -0.4 is 5.32 Å². The molecule has 2 N–H and O–H groups in total. The highest BCUT2D eigenvalue weighted by Gasteiger charge is 2.23. The van der Waals surface area contributed by atoms with E-state index in [9.17, 15) is 9.90 Å². The van der Waals surface area contributed by atoms with Gasteiger partial charge < -0.3 is 10.4 Å². The molecule has 1 aliphatic heterocycles. The summed E-state index contributed by atoms with van der Waals surface area (Å²) in [6.07, 6.45) is 3.15. The van der Waals surface area contributed by atoms with Crippen LogP contribution in [0.1, 0.15) is 28.8 Å². The fourth-order valence-corrected chi connectivity index (χ4v) is 3.60. The molecule has 1 amide bonds. The summed E-state index contributed by atoms with van der Waals surface area (Å²) in [6.45, 7) is 2.78. The summed E-state index contributed by atoms with van der Waals surface area (Å²) < 4.78 is 0. The van der Waals surface area contributed by atoms with Crippen LogP contribution in [0.3, 0.4) is 0 Å². The lowest BCUT2D eigenvalue weighted by molar-refractivity contribution is 0.0905. The van der Waals surface area contributed by atoms with Crippen LogP contribution >= 0.6 is 0 Å². The number of benzene rings is 2.